The maximum atomic E-state index is 13.8. The number of rotatable bonds is 8. The molecule has 0 aromatic heterocycles. The molecule has 1 saturated carbocycles. The predicted molar refractivity (Wildman–Crippen MR) is 152 cm³/mol. The van der Waals surface area contributed by atoms with Gasteiger partial charge in [-0.25, -0.2) is 0 Å². The van der Waals surface area contributed by atoms with E-state index < -0.39 is 41.0 Å². The largest absolute Gasteiger partial charge is 0.493 e. The summed E-state index contributed by atoms with van der Waals surface area (Å²) >= 11 is 3.52. The SMILES string of the molecule is CCOc1c(Br)cc(C2C(C(=O)Nc3ccccc3)C(=O)CC(C)(O)C2C(=O)Nc2ccccc2)cc1OC. The zero-order chi connectivity index (χ0) is 28.2. The lowest BCUT2D eigenvalue weighted by Gasteiger charge is -2.44. The van der Waals surface area contributed by atoms with Gasteiger partial charge >= 0.3 is 0 Å². The fourth-order valence-corrected chi connectivity index (χ4v) is 5.77. The van der Waals surface area contributed by atoms with Gasteiger partial charge < -0.3 is 25.2 Å². The van der Waals surface area contributed by atoms with Crippen LogP contribution < -0.4 is 20.1 Å². The molecule has 9 heteroatoms. The maximum Gasteiger partial charge on any atom is 0.235 e. The summed E-state index contributed by atoms with van der Waals surface area (Å²) in [6.45, 7) is 3.68. The second kappa shape index (κ2) is 12.0. The van der Waals surface area contributed by atoms with E-state index in [-0.39, 0.29) is 6.42 Å². The summed E-state index contributed by atoms with van der Waals surface area (Å²) in [6.07, 6.45) is -0.363. The number of benzene rings is 3. The normalized spacial score (nSPS) is 22.6. The van der Waals surface area contributed by atoms with E-state index in [0.717, 1.165) is 0 Å². The van der Waals surface area contributed by atoms with E-state index in [0.29, 0.717) is 39.5 Å². The van der Waals surface area contributed by atoms with Crippen LogP contribution in [0, 0.1) is 11.8 Å². The van der Waals surface area contributed by atoms with Crippen molar-refractivity contribution in [3.8, 4) is 11.5 Å². The number of amides is 2. The molecule has 8 nitrogen and oxygen atoms in total. The molecule has 1 fully saturated rings. The Bertz CT molecular complexity index is 1350. The average molecular weight is 595 g/mol. The van der Waals surface area contributed by atoms with E-state index in [4.69, 9.17) is 9.47 Å². The molecule has 0 bridgehead atoms. The summed E-state index contributed by atoms with van der Waals surface area (Å²) in [7, 11) is 1.48. The molecule has 0 saturated heterocycles. The van der Waals surface area contributed by atoms with Crippen molar-refractivity contribution in [1.29, 1.82) is 0 Å². The Morgan fingerprint density at radius 1 is 1.00 bits per heavy atom. The number of halogens is 1. The van der Waals surface area contributed by atoms with Crippen LogP contribution >= 0.6 is 15.9 Å². The number of carbonyl (C=O) groups is 3. The number of hydrogen-bond acceptors (Lipinski definition) is 6. The van der Waals surface area contributed by atoms with Gasteiger partial charge in [-0.2, -0.15) is 0 Å². The van der Waals surface area contributed by atoms with Gasteiger partial charge in [-0.15, -0.1) is 0 Å². The van der Waals surface area contributed by atoms with Crippen LogP contribution in [-0.4, -0.2) is 42.0 Å². The second-order valence-corrected chi connectivity index (χ2v) is 10.5. The van der Waals surface area contributed by atoms with Crippen molar-refractivity contribution in [2.75, 3.05) is 24.4 Å². The Labute approximate surface area is 235 Å². The first-order valence-electron chi connectivity index (χ1n) is 12.6. The number of ketones is 1. The van der Waals surface area contributed by atoms with Gasteiger partial charge in [0.2, 0.25) is 11.8 Å². The summed E-state index contributed by atoms with van der Waals surface area (Å²) in [4.78, 5) is 41.1. The molecule has 0 aliphatic heterocycles. The number of nitrogens with one attached hydrogen (secondary N) is 2. The first-order chi connectivity index (χ1) is 18.7. The van der Waals surface area contributed by atoms with Crippen LogP contribution in [0.4, 0.5) is 11.4 Å². The van der Waals surface area contributed by atoms with Gasteiger partial charge in [0.05, 0.1) is 29.7 Å². The Balaban J connectivity index is 1.85. The molecule has 39 heavy (non-hydrogen) atoms. The van der Waals surface area contributed by atoms with E-state index >= 15 is 0 Å². The predicted octanol–water partition coefficient (Wildman–Crippen LogP) is 5.17. The molecule has 3 aromatic rings. The number of carbonyl (C=O) groups excluding carboxylic acids is 3. The van der Waals surface area contributed by atoms with Gasteiger partial charge in [-0.05, 0) is 71.7 Å². The first kappa shape index (κ1) is 28.3. The summed E-state index contributed by atoms with van der Waals surface area (Å²) < 4.78 is 11.8. The van der Waals surface area contributed by atoms with Gasteiger partial charge in [-0.3, -0.25) is 14.4 Å². The highest BCUT2D eigenvalue weighted by molar-refractivity contribution is 9.10. The molecule has 3 N–H and O–H groups in total. The highest BCUT2D eigenvalue weighted by Gasteiger charge is 2.56. The Morgan fingerprint density at radius 3 is 2.10 bits per heavy atom. The molecule has 0 spiro atoms. The van der Waals surface area contributed by atoms with Gasteiger partial charge in [0, 0.05) is 23.7 Å². The quantitative estimate of drug-likeness (QED) is 0.310. The Morgan fingerprint density at radius 2 is 1.56 bits per heavy atom. The number of Topliss-reactive ketones (excluding diaryl/α,β-unsaturated/α-hetero) is 1. The monoisotopic (exact) mass is 594 g/mol. The topological polar surface area (TPSA) is 114 Å². The zero-order valence-electron chi connectivity index (χ0n) is 21.9. The van der Waals surface area contributed by atoms with Crippen molar-refractivity contribution in [2.45, 2.75) is 31.8 Å². The number of ether oxygens (including phenoxy) is 2. The number of para-hydroxylation sites is 2. The van der Waals surface area contributed by atoms with Crippen LogP contribution in [0.3, 0.4) is 0 Å². The third-order valence-corrected chi connectivity index (χ3v) is 7.43. The molecule has 2 amide bonds. The molecule has 1 aliphatic rings. The molecule has 4 rings (SSSR count). The first-order valence-corrected chi connectivity index (χ1v) is 13.4. The van der Waals surface area contributed by atoms with E-state index in [1.54, 1.807) is 60.7 Å². The van der Waals surface area contributed by atoms with Crippen molar-refractivity contribution < 1.29 is 29.0 Å². The smallest absolute Gasteiger partial charge is 0.235 e. The fourth-order valence-electron chi connectivity index (χ4n) is 5.19. The van der Waals surface area contributed by atoms with Gasteiger partial charge in [0.15, 0.2) is 11.5 Å². The van der Waals surface area contributed by atoms with Crippen molar-refractivity contribution in [2.24, 2.45) is 11.8 Å². The van der Waals surface area contributed by atoms with Gasteiger partial charge in [0.25, 0.3) is 0 Å². The minimum absolute atomic E-state index is 0.363. The molecule has 204 valence electrons. The van der Waals surface area contributed by atoms with Crippen LogP contribution in [0.25, 0.3) is 0 Å². The van der Waals surface area contributed by atoms with Crippen LogP contribution in [0.5, 0.6) is 11.5 Å². The molecule has 4 atom stereocenters. The summed E-state index contributed by atoms with van der Waals surface area (Å²) in [5, 5.41) is 17.2. The van der Waals surface area contributed by atoms with Crippen molar-refractivity contribution in [1.82, 2.24) is 0 Å². The molecular formula is C30H31BrN2O6. The lowest BCUT2D eigenvalue weighted by Crippen LogP contribution is -2.56. The molecule has 1 aliphatic carbocycles. The van der Waals surface area contributed by atoms with Crippen LogP contribution in [0.1, 0.15) is 31.7 Å². The summed E-state index contributed by atoms with van der Waals surface area (Å²) in [5.74, 6) is -4.15. The Hall–Kier alpha value is -3.69. The third-order valence-electron chi connectivity index (χ3n) is 6.84. The third kappa shape index (κ3) is 6.15. The number of methoxy groups -OCH3 is 1. The minimum Gasteiger partial charge on any atom is -0.493 e. The molecular weight excluding hydrogens is 564 g/mol. The highest BCUT2D eigenvalue weighted by Crippen LogP contribution is 2.49. The van der Waals surface area contributed by atoms with Crippen LogP contribution in [0.2, 0.25) is 0 Å². The number of hydrogen-bond donors (Lipinski definition) is 3. The number of anilines is 2. The van der Waals surface area contributed by atoms with Gasteiger partial charge in [-0.1, -0.05) is 36.4 Å². The highest BCUT2D eigenvalue weighted by atomic mass is 79.9. The van der Waals surface area contributed by atoms with E-state index in [2.05, 4.69) is 26.6 Å². The number of aliphatic hydroxyl groups is 1. The second-order valence-electron chi connectivity index (χ2n) is 9.66. The average Bonchev–Trinajstić information content (AvgIpc) is 2.89. The fraction of sp³-hybridized carbons (Fsp3) is 0.300. The zero-order valence-corrected chi connectivity index (χ0v) is 23.5. The Kier molecular flexibility index (Phi) is 8.72. The maximum absolute atomic E-state index is 13.8. The van der Waals surface area contributed by atoms with E-state index in [9.17, 15) is 19.5 Å². The standard InChI is InChI=1S/C30H31BrN2O6/c1-4-39-27-21(31)15-18(16-23(27)38-3)24-25(28(35)32-19-11-7-5-8-12-19)22(34)17-30(2,37)26(24)29(36)33-20-13-9-6-10-14-20/h5-16,24-26,37H,4,17H2,1-3H3,(H,32,35)(H,33,36). The summed E-state index contributed by atoms with van der Waals surface area (Å²) in [5.41, 5.74) is -0.216. The molecule has 0 heterocycles. The van der Waals surface area contributed by atoms with E-state index in [1.807, 2.05) is 19.1 Å². The molecule has 4 unspecified atom stereocenters. The van der Waals surface area contributed by atoms with Crippen LogP contribution in [-0.2, 0) is 14.4 Å². The van der Waals surface area contributed by atoms with E-state index in [1.165, 1.54) is 14.0 Å². The van der Waals surface area contributed by atoms with Crippen molar-refractivity contribution in [3.63, 3.8) is 0 Å². The molecule has 0 radical (unpaired) electrons. The minimum atomic E-state index is -1.73. The lowest BCUT2D eigenvalue weighted by molar-refractivity contribution is -0.150. The van der Waals surface area contributed by atoms with Crippen molar-refractivity contribution >= 4 is 44.9 Å². The molecule has 3 aromatic carbocycles. The lowest BCUT2D eigenvalue weighted by atomic mass is 9.61. The summed E-state index contributed by atoms with van der Waals surface area (Å²) in [6, 6.07) is 21.0. The van der Waals surface area contributed by atoms with Gasteiger partial charge in [0.1, 0.15) is 11.7 Å². The van der Waals surface area contributed by atoms with Crippen molar-refractivity contribution in [3.05, 3.63) is 82.8 Å². The van der Waals surface area contributed by atoms with Crippen LogP contribution in [0.15, 0.2) is 77.3 Å².